The number of hydrogen-bond acceptors (Lipinski definition) is 8. The van der Waals surface area contributed by atoms with E-state index in [0.717, 1.165) is 28.3 Å². The van der Waals surface area contributed by atoms with Crippen LogP contribution in [-0.2, 0) is 0 Å². The van der Waals surface area contributed by atoms with Crippen LogP contribution in [0.1, 0.15) is 27.9 Å². The second kappa shape index (κ2) is 7.48. The molecule has 10 nitrogen and oxygen atoms in total. The number of carbonyl (C=O) groups excluding carboxylic acids is 1. The predicted octanol–water partition coefficient (Wildman–Crippen LogP) is 2.83. The summed E-state index contributed by atoms with van der Waals surface area (Å²) >= 11 is 0. The predicted molar refractivity (Wildman–Crippen MR) is 125 cm³/mol. The number of aromatic nitrogens is 6. The Hall–Kier alpha value is -4.60. The third-order valence-electron chi connectivity index (χ3n) is 6.15. The van der Waals surface area contributed by atoms with Crippen LogP contribution in [0.4, 0.5) is 5.82 Å². The summed E-state index contributed by atoms with van der Waals surface area (Å²) in [4.78, 5) is 36.4. The number of anilines is 1. The van der Waals surface area contributed by atoms with Gasteiger partial charge in [0.25, 0.3) is 5.91 Å². The van der Waals surface area contributed by atoms with Crippen LogP contribution in [-0.4, -0.2) is 53.8 Å². The fraction of sp³-hybridized carbons (Fsp3) is 0.167. The van der Waals surface area contributed by atoms with Gasteiger partial charge in [0.05, 0.1) is 30.3 Å². The molecule has 4 aromatic heterocycles. The summed E-state index contributed by atoms with van der Waals surface area (Å²) in [6.07, 6.45) is 8.42. The van der Waals surface area contributed by atoms with Gasteiger partial charge in [-0.05, 0) is 24.6 Å². The number of imidazole rings is 1. The quantitative estimate of drug-likeness (QED) is 0.443. The fourth-order valence-corrected chi connectivity index (χ4v) is 4.25. The molecule has 0 radical (unpaired) electrons. The van der Waals surface area contributed by atoms with Crippen LogP contribution in [0.3, 0.4) is 0 Å². The summed E-state index contributed by atoms with van der Waals surface area (Å²) in [6, 6.07) is 7.42. The minimum atomic E-state index is -0.235. The smallest absolute Gasteiger partial charge is 0.272 e. The average molecular weight is 452 g/mol. The maximum Gasteiger partial charge on any atom is 0.272 e. The Bertz CT molecular complexity index is 1580. The summed E-state index contributed by atoms with van der Waals surface area (Å²) in [6.45, 7) is 2.21. The van der Waals surface area contributed by atoms with Crippen molar-refractivity contribution in [2.24, 2.45) is 0 Å². The zero-order chi connectivity index (χ0) is 23.4. The van der Waals surface area contributed by atoms with E-state index in [0.29, 0.717) is 34.7 Å². The zero-order valence-corrected chi connectivity index (χ0v) is 18.5. The number of nitrogens with two attached hydrogens (primary N) is 1. The number of amides is 1. The molecule has 1 aliphatic rings. The molecule has 5 heterocycles. The molecular weight excluding hydrogens is 432 g/mol. The van der Waals surface area contributed by atoms with Crippen LogP contribution in [0, 0.1) is 6.92 Å². The normalized spacial score (nSPS) is 14.8. The van der Waals surface area contributed by atoms with E-state index in [-0.39, 0.29) is 11.9 Å². The van der Waals surface area contributed by atoms with Crippen molar-refractivity contribution in [3.63, 3.8) is 0 Å². The molecule has 10 heteroatoms. The topological polar surface area (TPSA) is 124 Å². The number of nitrogens with zero attached hydrogens (tertiary/aromatic N) is 7. The van der Waals surface area contributed by atoms with Crippen LogP contribution >= 0.6 is 0 Å². The number of fused-ring (bicyclic) bond motifs is 4. The molecule has 0 bridgehead atoms. The first-order valence-corrected chi connectivity index (χ1v) is 10.7. The number of ether oxygens (including phenoxy) is 1. The Kier molecular flexibility index (Phi) is 4.41. The number of hydrogen-bond donors (Lipinski definition) is 1. The molecule has 1 aliphatic heterocycles. The monoisotopic (exact) mass is 452 g/mol. The minimum absolute atomic E-state index is 0.218. The lowest BCUT2D eigenvalue weighted by Crippen LogP contribution is -2.32. The average Bonchev–Trinajstić information content (AvgIpc) is 3.51. The lowest BCUT2D eigenvalue weighted by molar-refractivity contribution is 0.0703. The third-order valence-corrected chi connectivity index (χ3v) is 6.15. The van der Waals surface area contributed by atoms with E-state index >= 15 is 0 Å². The number of likely N-dealkylation sites (N-methyl/N-ethyl adjacent to an activating group) is 1. The second-order valence-electron chi connectivity index (χ2n) is 8.22. The summed E-state index contributed by atoms with van der Waals surface area (Å²) in [5.74, 6) is 1.61. The van der Waals surface area contributed by atoms with Gasteiger partial charge in [-0.15, -0.1) is 0 Å². The lowest BCUT2D eigenvalue weighted by Gasteiger charge is -2.23. The molecule has 6 rings (SSSR count). The van der Waals surface area contributed by atoms with Crippen molar-refractivity contribution < 1.29 is 9.53 Å². The fourth-order valence-electron chi connectivity index (χ4n) is 4.25. The largest absolute Gasteiger partial charge is 0.491 e. The van der Waals surface area contributed by atoms with Crippen molar-refractivity contribution >= 4 is 28.3 Å². The van der Waals surface area contributed by atoms with Crippen molar-refractivity contribution in [3.8, 4) is 16.9 Å². The number of aryl methyl sites for hydroxylation is 1. The van der Waals surface area contributed by atoms with Gasteiger partial charge in [0.1, 0.15) is 40.7 Å². The van der Waals surface area contributed by atoms with Crippen LogP contribution in [0.25, 0.3) is 27.7 Å². The van der Waals surface area contributed by atoms with Crippen molar-refractivity contribution in [3.05, 3.63) is 72.5 Å². The van der Waals surface area contributed by atoms with Gasteiger partial charge in [-0.25, -0.2) is 24.9 Å². The lowest BCUT2D eigenvalue weighted by atomic mass is 10.0. The molecule has 5 aromatic rings. The number of pyridine rings is 1. The van der Waals surface area contributed by atoms with Crippen LogP contribution in [0.2, 0.25) is 0 Å². The molecule has 1 atom stereocenters. The van der Waals surface area contributed by atoms with Crippen LogP contribution in [0.15, 0.2) is 55.4 Å². The highest BCUT2D eigenvalue weighted by molar-refractivity contribution is 5.96. The summed E-state index contributed by atoms with van der Waals surface area (Å²) in [5, 5.41) is 0. The molecule has 1 aromatic carbocycles. The zero-order valence-electron chi connectivity index (χ0n) is 18.5. The maximum atomic E-state index is 13.4. The van der Waals surface area contributed by atoms with Crippen molar-refractivity contribution in [1.82, 2.24) is 34.2 Å². The van der Waals surface area contributed by atoms with E-state index in [4.69, 9.17) is 10.5 Å². The number of benzene rings is 1. The molecule has 0 spiro atoms. The first-order chi connectivity index (χ1) is 16.5. The van der Waals surface area contributed by atoms with Crippen molar-refractivity contribution in [1.29, 1.82) is 0 Å². The molecule has 0 saturated heterocycles. The van der Waals surface area contributed by atoms with Crippen LogP contribution in [0.5, 0.6) is 5.75 Å². The van der Waals surface area contributed by atoms with E-state index in [1.807, 2.05) is 25.1 Å². The second-order valence-corrected chi connectivity index (χ2v) is 8.22. The van der Waals surface area contributed by atoms with Gasteiger partial charge in [0, 0.05) is 30.6 Å². The molecule has 34 heavy (non-hydrogen) atoms. The molecule has 168 valence electrons. The Morgan fingerprint density at radius 1 is 1.09 bits per heavy atom. The molecule has 2 N–H and O–H groups in total. The first kappa shape index (κ1) is 20.0. The highest BCUT2D eigenvalue weighted by Crippen LogP contribution is 2.38. The van der Waals surface area contributed by atoms with Gasteiger partial charge in [0.15, 0.2) is 0 Å². The first-order valence-electron chi connectivity index (χ1n) is 10.7. The Morgan fingerprint density at radius 3 is 2.74 bits per heavy atom. The van der Waals surface area contributed by atoms with E-state index in [9.17, 15) is 4.79 Å². The van der Waals surface area contributed by atoms with E-state index in [1.165, 1.54) is 0 Å². The Labute approximate surface area is 194 Å². The number of nitrogen functional groups attached to an aromatic ring is 1. The van der Waals surface area contributed by atoms with E-state index in [1.54, 1.807) is 53.5 Å². The van der Waals surface area contributed by atoms with Gasteiger partial charge in [-0.2, -0.15) is 0 Å². The summed E-state index contributed by atoms with van der Waals surface area (Å²) in [5.41, 5.74) is 11.1. The SMILES string of the molecule is Cc1ncc(-c2ccc3c(c2)OC[C@H]3N(C)C(=O)c2cc3c(cn2)nc(N)c2cncn23)cn1. The number of carbonyl (C=O) groups is 1. The van der Waals surface area contributed by atoms with Gasteiger partial charge >= 0.3 is 0 Å². The van der Waals surface area contributed by atoms with Crippen molar-refractivity contribution in [2.45, 2.75) is 13.0 Å². The summed E-state index contributed by atoms with van der Waals surface area (Å²) < 4.78 is 7.75. The van der Waals surface area contributed by atoms with Gasteiger partial charge < -0.3 is 15.4 Å². The van der Waals surface area contributed by atoms with Gasteiger partial charge in [0.2, 0.25) is 0 Å². The van der Waals surface area contributed by atoms with Crippen molar-refractivity contribution in [2.75, 3.05) is 19.4 Å². The van der Waals surface area contributed by atoms with Gasteiger partial charge in [-0.3, -0.25) is 9.20 Å². The standard InChI is InChI=1S/C24H20N8O2/c1-13-27-7-15(8-28-13)14-3-4-16-21(11-34-22(16)5-14)31(2)24(33)17-6-19-18(9-29-17)30-23(25)20-10-26-12-32(19)20/h3-10,12,21H,11H2,1-2H3,(H2,25,30)/t21-/m1/s1. The third kappa shape index (κ3) is 3.11. The molecule has 0 saturated carbocycles. The molecule has 0 fully saturated rings. The highest BCUT2D eigenvalue weighted by Gasteiger charge is 2.31. The number of rotatable bonds is 3. The molecule has 1 amide bonds. The van der Waals surface area contributed by atoms with Gasteiger partial charge in [-0.1, -0.05) is 12.1 Å². The molecular formula is C24H20N8O2. The Balaban J connectivity index is 1.31. The van der Waals surface area contributed by atoms with Crippen LogP contribution < -0.4 is 10.5 Å². The highest BCUT2D eigenvalue weighted by atomic mass is 16.5. The molecule has 0 aliphatic carbocycles. The van der Waals surface area contributed by atoms with E-state index < -0.39 is 0 Å². The van der Waals surface area contributed by atoms with E-state index in [2.05, 4.69) is 24.9 Å². The Morgan fingerprint density at radius 2 is 1.91 bits per heavy atom. The molecule has 0 unspecified atom stereocenters. The summed E-state index contributed by atoms with van der Waals surface area (Å²) in [7, 11) is 1.76. The maximum absolute atomic E-state index is 13.4. The minimum Gasteiger partial charge on any atom is -0.491 e.